The standard InChI is InChI=1S/C9H10N2O2S/c12-8(13)2-1-7-10-5-6-3-4-14-9(6)11-7/h5H,1-4H2,(H,12,13). The molecule has 0 saturated heterocycles. The molecule has 4 nitrogen and oxygen atoms in total. The molecule has 0 radical (unpaired) electrons. The minimum absolute atomic E-state index is 0.101. The van der Waals surface area contributed by atoms with E-state index in [9.17, 15) is 4.79 Å². The molecule has 0 atom stereocenters. The Hall–Kier alpha value is -1.10. The van der Waals surface area contributed by atoms with Crippen molar-refractivity contribution in [3.8, 4) is 0 Å². The lowest BCUT2D eigenvalue weighted by Crippen LogP contribution is -2.02. The van der Waals surface area contributed by atoms with E-state index in [1.807, 2.05) is 6.20 Å². The van der Waals surface area contributed by atoms with Gasteiger partial charge in [-0.2, -0.15) is 0 Å². The molecule has 1 aromatic heterocycles. The van der Waals surface area contributed by atoms with Gasteiger partial charge in [-0.3, -0.25) is 4.79 Å². The summed E-state index contributed by atoms with van der Waals surface area (Å²) in [5, 5.41) is 9.54. The highest BCUT2D eigenvalue weighted by Gasteiger charge is 2.14. The van der Waals surface area contributed by atoms with E-state index < -0.39 is 5.97 Å². The molecule has 2 rings (SSSR count). The number of hydrogen-bond acceptors (Lipinski definition) is 4. The Morgan fingerprint density at radius 1 is 1.64 bits per heavy atom. The lowest BCUT2D eigenvalue weighted by Gasteiger charge is -2.00. The molecule has 0 bridgehead atoms. The van der Waals surface area contributed by atoms with Crippen molar-refractivity contribution in [3.05, 3.63) is 17.6 Å². The Morgan fingerprint density at radius 2 is 2.50 bits per heavy atom. The summed E-state index contributed by atoms with van der Waals surface area (Å²) in [5.41, 5.74) is 1.19. The first-order chi connectivity index (χ1) is 6.75. The van der Waals surface area contributed by atoms with E-state index in [2.05, 4.69) is 9.97 Å². The zero-order valence-electron chi connectivity index (χ0n) is 7.56. The topological polar surface area (TPSA) is 63.1 Å². The summed E-state index contributed by atoms with van der Waals surface area (Å²) in [6.07, 6.45) is 3.37. The molecule has 0 fully saturated rings. The van der Waals surface area contributed by atoms with Crippen molar-refractivity contribution in [1.29, 1.82) is 0 Å². The van der Waals surface area contributed by atoms with Crippen LogP contribution < -0.4 is 0 Å². The van der Waals surface area contributed by atoms with E-state index in [0.29, 0.717) is 12.2 Å². The largest absolute Gasteiger partial charge is 0.481 e. The molecule has 0 unspecified atom stereocenters. The third-order valence-corrected chi connectivity index (χ3v) is 3.08. The fourth-order valence-corrected chi connectivity index (χ4v) is 2.34. The fraction of sp³-hybridized carbons (Fsp3) is 0.444. The SMILES string of the molecule is O=C(O)CCc1ncc2c(n1)SCC2. The fourth-order valence-electron chi connectivity index (χ4n) is 1.32. The number of carbonyl (C=O) groups is 1. The Balaban J connectivity index is 2.09. The van der Waals surface area contributed by atoms with Crippen molar-refractivity contribution in [2.24, 2.45) is 0 Å². The maximum Gasteiger partial charge on any atom is 0.303 e. The minimum atomic E-state index is -0.804. The van der Waals surface area contributed by atoms with Crippen molar-refractivity contribution in [3.63, 3.8) is 0 Å². The first-order valence-corrected chi connectivity index (χ1v) is 5.43. The molecular formula is C9H10N2O2S. The van der Waals surface area contributed by atoms with E-state index in [0.717, 1.165) is 17.2 Å². The third kappa shape index (κ3) is 2.04. The average molecular weight is 210 g/mol. The van der Waals surface area contributed by atoms with Gasteiger partial charge < -0.3 is 5.11 Å². The molecule has 5 heteroatoms. The van der Waals surface area contributed by atoms with Crippen LogP contribution in [0, 0.1) is 0 Å². The Labute approximate surface area is 85.8 Å². The highest BCUT2D eigenvalue weighted by Crippen LogP contribution is 2.28. The number of fused-ring (bicyclic) bond motifs is 1. The van der Waals surface area contributed by atoms with Crippen LogP contribution in [-0.4, -0.2) is 26.8 Å². The summed E-state index contributed by atoms with van der Waals surface area (Å²) in [5.74, 6) is 0.897. The van der Waals surface area contributed by atoms with E-state index in [1.165, 1.54) is 5.56 Å². The molecule has 0 saturated carbocycles. The van der Waals surface area contributed by atoms with Crippen LogP contribution in [0.15, 0.2) is 11.2 Å². The number of aromatic nitrogens is 2. The summed E-state index contributed by atoms with van der Waals surface area (Å²) < 4.78 is 0. The normalized spacial score (nSPS) is 14.0. The number of aliphatic carboxylic acids is 1. The number of rotatable bonds is 3. The first kappa shape index (κ1) is 9.45. The molecule has 0 amide bonds. The number of aryl methyl sites for hydroxylation is 2. The average Bonchev–Trinajstić information content (AvgIpc) is 2.61. The summed E-state index contributed by atoms with van der Waals surface area (Å²) in [6, 6.07) is 0. The van der Waals surface area contributed by atoms with Gasteiger partial charge in [-0.15, -0.1) is 11.8 Å². The summed E-state index contributed by atoms with van der Waals surface area (Å²) in [4.78, 5) is 18.8. The van der Waals surface area contributed by atoms with Crippen molar-refractivity contribution in [2.75, 3.05) is 5.75 Å². The van der Waals surface area contributed by atoms with Gasteiger partial charge in [-0.1, -0.05) is 0 Å². The molecule has 0 aliphatic carbocycles. The molecule has 1 aliphatic rings. The second kappa shape index (κ2) is 3.96. The number of thioether (sulfide) groups is 1. The van der Waals surface area contributed by atoms with Crippen molar-refractivity contribution in [1.82, 2.24) is 9.97 Å². The molecule has 0 spiro atoms. The second-order valence-corrected chi connectivity index (χ2v) is 4.19. The van der Waals surface area contributed by atoms with Gasteiger partial charge in [0.2, 0.25) is 0 Å². The van der Waals surface area contributed by atoms with Crippen LogP contribution in [0.2, 0.25) is 0 Å². The van der Waals surface area contributed by atoms with Crippen molar-refractivity contribution < 1.29 is 9.90 Å². The maximum atomic E-state index is 10.3. The number of nitrogens with zero attached hydrogens (tertiary/aromatic N) is 2. The molecule has 1 aromatic rings. The van der Waals surface area contributed by atoms with Gasteiger partial charge in [0.05, 0.1) is 6.42 Å². The molecule has 0 aromatic carbocycles. The van der Waals surface area contributed by atoms with Crippen LogP contribution in [0.1, 0.15) is 17.8 Å². The van der Waals surface area contributed by atoms with Crippen LogP contribution in [0.5, 0.6) is 0 Å². The number of hydrogen-bond donors (Lipinski definition) is 1. The zero-order valence-corrected chi connectivity index (χ0v) is 8.38. The molecule has 1 N–H and O–H groups in total. The van der Waals surface area contributed by atoms with Crippen molar-refractivity contribution >= 4 is 17.7 Å². The van der Waals surface area contributed by atoms with Crippen LogP contribution >= 0.6 is 11.8 Å². The Morgan fingerprint density at radius 3 is 3.29 bits per heavy atom. The third-order valence-electron chi connectivity index (χ3n) is 2.05. The lowest BCUT2D eigenvalue weighted by molar-refractivity contribution is -0.137. The number of carboxylic acid groups (broad SMARTS) is 1. The highest BCUT2D eigenvalue weighted by molar-refractivity contribution is 7.99. The van der Waals surface area contributed by atoms with E-state index in [1.54, 1.807) is 11.8 Å². The van der Waals surface area contributed by atoms with Crippen LogP contribution in [0.4, 0.5) is 0 Å². The minimum Gasteiger partial charge on any atom is -0.481 e. The maximum absolute atomic E-state index is 10.3. The van der Waals surface area contributed by atoms with Gasteiger partial charge in [-0.25, -0.2) is 9.97 Å². The van der Waals surface area contributed by atoms with Gasteiger partial charge in [0.1, 0.15) is 10.9 Å². The summed E-state index contributed by atoms with van der Waals surface area (Å²) in [6.45, 7) is 0. The van der Waals surface area contributed by atoms with Gasteiger partial charge >= 0.3 is 5.97 Å². The first-order valence-electron chi connectivity index (χ1n) is 4.45. The molecular weight excluding hydrogens is 200 g/mol. The zero-order chi connectivity index (χ0) is 9.97. The highest BCUT2D eigenvalue weighted by atomic mass is 32.2. The second-order valence-electron chi connectivity index (χ2n) is 3.11. The van der Waals surface area contributed by atoms with Gasteiger partial charge in [0.15, 0.2) is 0 Å². The van der Waals surface area contributed by atoms with Crippen molar-refractivity contribution in [2.45, 2.75) is 24.3 Å². The van der Waals surface area contributed by atoms with E-state index in [4.69, 9.17) is 5.11 Å². The lowest BCUT2D eigenvalue weighted by atomic mass is 10.2. The van der Waals surface area contributed by atoms with Crippen LogP contribution in [-0.2, 0) is 17.6 Å². The van der Waals surface area contributed by atoms with Gasteiger partial charge in [0, 0.05) is 23.9 Å². The van der Waals surface area contributed by atoms with Crippen LogP contribution in [0.25, 0.3) is 0 Å². The Bertz CT molecular complexity index is 368. The van der Waals surface area contributed by atoms with Crippen LogP contribution in [0.3, 0.4) is 0 Å². The molecule has 2 heterocycles. The molecule has 1 aliphatic heterocycles. The monoisotopic (exact) mass is 210 g/mol. The predicted octanol–water partition coefficient (Wildman–Crippen LogP) is 1.14. The summed E-state index contributed by atoms with van der Waals surface area (Å²) >= 11 is 1.72. The smallest absolute Gasteiger partial charge is 0.303 e. The van der Waals surface area contributed by atoms with E-state index >= 15 is 0 Å². The quantitative estimate of drug-likeness (QED) is 0.758. The molecule has 14 heavy (non-hydrogen) atoms. The van der Waals surface area contributed by atoms with E-state index in [-0.39, 0.29) is 6.42 Å². The van der Waals surface area contributed by atoms with Gasteiger partial charge in [-0.05, 0) is 6.42 Å². The van der Waals surface area contributed by atoms with Gasteiger partial charge in [0.25, 0.3) is 0 Å². The number of carboxylic acids is 1. The predicted molar refractivity (Wildman–Crippen MR) is 52.4 cm³/mol. The summed E-state index contributed by atoms with van der Waals surface area (Å²) in [7, 11) is 0. The molecule has 74 valence electrons. The Kier molecular flexibility index (Phi) is 2.67.